The highest BCUT2D eigenvalue weighted by atomic mass is 16.3. The van der Waals surface area contributed by atoms with Gasteiger partial charge in [0.2, 0.25) is 0 Å². The van der Waals surface area contributed by atoms with Crippen LogP contribution in [0.3, 0.4) is 0 Å². The Kier molecular flexibility index (Phi) is 6.85. The number of hydrogen-bond donors (Lipinski definition) is 1. The summed E-state index contributed by atoms with van der Waals surface area (Å²) in [5, 5.41) is 9.47. The van der Waals surface area contributed by atoms with Gasteiger partial charge in [-0.2, -0.15) is 0 Å². The fourth-order valence-corrected chi connectivity index (χ4v) is 1.46. The average molecular weight is 196 g/mol. The minimum absolute atomic E-state index is 0. The molecule has 0 saturated carbocycles. The van der Waals surface area contributed by atoms with Crippen molar-refractivity contribution >= 4 is 0 Å². The van der Waals surface area contributed by atoms with E-state index in [9.17, 15) is 5.11 Å². The van der Waals surface area contributed by atoms with Crippen LogP contribution in [0.2, 0.25) is 0 Å². The van der Waals surface area contributed by atoms with Crippen LogP contribution >= 0.6 is 0 Å². The number of aryl methyl sites for hydroxylation is 1. The molecular formula is C12H20O2. The summed E-state index contributed by atoms with van der Waals surface area (Å²) in [6.45, 7) is 2.21. The molecule has 0 atom stereocenters. The molecule has 0 bridgehead atoms. The van der Waals surface area contributed by atoms with Gasteiger partial charge in [0.05, 0.1) is 0 Å². The van der Waals surface area contributed by atoms with Crippen molar-refractivity contribution in [2.75, 3.05) is 0 Å². The van der Waals surface area contributed by atoms with Crippen LogP contribution < -0.4 is 0 Å². The van der Waals surface area contributed by atoms with Crippen LogP contribution in [-0.2, 0) is 6.42 Å². The van der Waals surface area contributed by atoms with Gasteiger partial charge in [-0.3, -0.25) is 0 Å². The number of phenols is 1. The number of rotatable bonds is 5. The van der Waals surface area contributed by atoms with Crippen LogP contribution in [0.15, 0.2) is 24.3 Å². The van der Waals surface area contributed by atoms with Crippen molar-refractivity contribution in [3.8, 4) is 5.75 Å². The molecule has 1 aromatic carbocycles. The van der Waals surface area contributed by atoms with E-state index in [1.165, 1.54) is 25.7 Å². The second kappa shape index (κ2) is 7.39. The molecule has 3 N–H and O–H groups in total. The van der Waals surface area contributed by atoms with Crippen molar-refractivity contribution in [1.29, 1.82) is 0 Å². The highest BCUT2D eigenvalue weighted by Gasteiger charge is 1.98. The summed E-state index contributed by atoms with van der Waals surface area (Å²) in [6, 6.07) is 7.61. The number of phenolic OH excluding ortho intramolecular Hbond substituents is 1. The Labute approximate surface area is 85.9 Å². The monoisotopic (exact) mass is 196 g/mol. The number of unbranched alkanes of at least 4 members (excludes halogenated alkanes) is 3. The fourth-order valence-electron chi connectivity index (χ4n) is 1.46. The lowest BCUT2D eigenvalue weighted by Gasteiger charge is -2.03. The summed E-state index contributed by atoms with van der Waals surface area (Å²) < 4.78 is 0. The minimum atomic E-state index is 0. The Balaban J connectivity index is 0.00000169. The second-order valence-electron chi connectivity index (χ2n) is 3.44. The molecule has 14 heavy (non-hydrogen) atoms. The topological polar surface area (TPSA) is 51.7 Å². The first-order valence-electron chi connectivity index (χ1n) is 5.11. The van der Waals surface area contributed by atoms with Gasteiger partial charge in [0.25, 0.3) is 0 Å². The Hall–Kier alpha value is -1.02. The molecule has 0 spiro atoms. The SMILES string of the molecule is CCCCCCc1ccccc1O.O. The van der Waals surface area contributed by atoms with Crippen molar-refractivity contribution in [3.05, 3.63) is 29.8 Å². The van der Waals surface area contributed by atoms with Gasteiger partial charge >= 0.3 is 0 Å². The van der Waals surface area contributed by atoms with Crippen LogP contribution in [0.25, 0.3) is 0 Å². The molecule has 2 heteroatoms. The molecule has 1 aromatic rings. The Morgan fingerprint density at radius 1 is 1.07 bits per heavy atom. The van der Waals surface area contributed by atoms with Crippen LogP contribution in [0, 0.1) is 0 Å². The van der Waals surface area contributed by atoms with Crippen LogP contribution in [0.4, 0.5) is 0 Å². The molecule has 0 saturated heterocycles. The van der Waals surface area contributed by atoms with Gasteiger partial charge in [-0.15, -0.1) is 0 Å². The zero-order valence-corrected chi connectivity index (χ0v) is 8.79. The highest BCUT2D eigenvalue weighted by Crippen LogP contribution is 2.18. The predicted octanol–water partition coefficient (Wildman–Crippen LogP) is 2.69. The number of hydrogen-bond acceptors (Lipinski definition) is 1. The maximum absolute atomic E-state index is 9.47. The molecule has 0 aliphatic carbocycles. The zero-order valence-electron chi connectivity index (χ0n) is 8.79. The lowest BCUT2D eigenvalue weighted by molar-refractivity contribution is 0.466. The van der Waals surface area contributed by atoms with Crippen LogP contribution in [0.5, 0.6) is 5.75 Å². The summed E-state index contributed by atoms with van der Waals surface area (Å²) >= 11 is 0. The Morgan fingerprint density at radius 2 is 1.79 bits per heavy atom. The van der Waals surface area contributed by atoms with E-state index >= 15 is 0 Å². The summed E-state index contributed by atoms with van der Waals surface area (Å²) in [6.07, 6.45) is 6.03. The highest BCUT2D eigenvalue weighted by molar-refractivity contribution is 5.31. The fraction of sp³-hybridized carbons (Fsp3) is 0.500. The summed E-state index contributed by atoms with van der Waals surface area (Å²) in [4.78, 5) is 0. The van der Waals surface area contributed by atoms with Gasteiger partial charge < -0.3 is 10.6 Å². The third-order valence-corrected chi connectivity index (χ3v) is 2.29. The van der Waals surface area contributed by atoms with E-state index in [0.29, 0.717) is 5.75 Å². The zero-order chi connectivity index (χ0) is 9.52. The second-order valence-corrected chi connectivity index (χ2v) is 3.44. The molecule has 80 valence electrons. The van der Waals surface area contributed by atoms with Crippen molar-refractivity contribution in [2.45, 2.75) is 39.0 Å². The summed E-state index contributed by atoms with van der Waals surface area (Å²) in [5.41, 5.74) is 1.08. The molecule has 0 aliphatic rings. The molecule has 0 aromatic heterocycles. The lowest BCUT2D eigenvalue weighted by atomic mass is 10.1. The van der Waals surface area contributed by atoms with E-state index in [2.05, 4.69) is 6.92 Å². The number of benzene rings is 1. The molecule has 0 fully saturated rings. The van der Waals surface area contributed by atoms with E-state index in [-0.39, 0.29) is 5.48 Å². The lowest BCUT2D eigenvalue weighted by Crippen LogP contribution is -1.86. The first kappa shape index (κ1) is 13.0. The standard InChI is InChI=1S/C12H18O.H2O/c1-2-3-4-5-8-11-9-6-7-10-12(11)13;/h6-7,9-10,13H,2-5,8H2,1H3;1H2. The largest absolute Gasteiger partial charge is 0.508 e. The van der Waals surface area contributed by atoms with Crippen LogP contribution in [0.1, 0.15) is 38.2 Å². The third-order valence-electron chi connectivity index (χ3n) is 2.29. The maximum atomic E-state index is 9.47. The van der Waals surface area contributed by atoms with Crippen LogP contribution in [-0.4, -0.2) is 10.6 Å². The molecular weight excluding hydrogens is 176 g/mol. The minimum Gasteiger partial charge on any atom is -0.508 e. The van der Waals surface area contributed by atoms with Gasteiger partial charge in [-0.05, 0) is 24.5 Å². The van der Waals surface area contributed by atoms with E-state index in [1.807, 2.05) is 18.2 Å². The first-order chi connectivity index (χ1) is 6.34. The van der Waals surface area contributed by atoms with Crippen molar-refractivity contribution in [2.24, 2.45) is 0 Å². The quantitative estimate of drug-likeness (QED) is 0.723. The van der Waals surface area contributed by atoms with E-state index in [4.69, 9.17) is 0 Å². The summed E-state index contributed by atoms with van der Waals surface area (Å²) in [5.74, 6) is 0.444. The van der Waals surface area contributed by atoms with Crippen molar-refractivity contribution in [1.82, 2.24) is 0 Å². The van der Waals surface area contributed by atoms with Crippen molar-refractivity contribution in [3.63, 3.8) is 0 Å². The third kappa shape index (κ3) is 4.28. The Bertz CT molecular complexity index is 246. The number of para-hydroxylation sites is 1. The van der Waals surface area contributed by atoms with E-state index < -0.39 is 0 Å². The molecule has 2 nitrogen and oxygen atoms in total. The molecule has 0 unspecified atom stereocenters. The normalized spacial score (nSPS) is 9.50. The van der Waals surface area contributed by atoms with Gasteiger partial charge in [0.15, 0.2) is 0 Å². The average Bonchev–Trinajstić information content (AvgIpc) is 2.15. The molecule has 0 radical (unpaired) electrons. The van der Waals surface area contributed by atoms with E-state index in [0.717, 1.165) is 12.0 Å². The van der Waals surface area contributed by atoms with Crippen molar-refractivity contribution < 1.29 is 10.6 Å². The molecule has 1 rings (SSSR count). The summed E-state index contributed by atoms with van der Waals surface area (Å²) in [7, 11) is 0. The molecule has 0 aliphatic heterocycles. The van der Waals surface area contributed by atoms with Gasteiger partial charge in [-0.1, -0.05) is 44.4 Å². The van der Waals surface area contributed by atoms with Gasteiger partial charge in [0.1, 0.15) is 5.75 Å². The number of aromatic hydroxyl groups is 1. The first-order valence-corrected chi connectivity index (χ1v) is 5.11. The predicted molar refractivity (Wildman–Crippen MR) is 59.6 cm³/mol. The molecule has 0 amide bonds. The van der Waals surface area contributed by atoms with Gasteiger partial charge in [0, 0.05) is 0 Å². The van der Waals surface area contributed by atoms with Gasteiger partial charge in [-0.25, -0.2) is 0 Å². The molecule has 0 heterocycles. The smallest absolute Gasteiger partial charge is 0.118 e. The Morgan fingerprint density at radius 3 is 2.43 bits per heavy atom. The van der Waals surface area contributed by atoms with E-state index in [1.54, 1.807) is 6.07 Å². The maximum Gasteiger partial charge on any atom is 0.118 e.